The van der Waals surface area contributed by atoms with Gasteiger partial charge in [0.2, 0.25) is 10.0 Å². The first-order chi connectivity index (χ1) is 9.98. The molecule has 0 amide bonds. The van der Waals surface area contributed by atoms with Crippen LogP contribution in [0.15, 0.2) is 23.1 Å². The van der Waals surface area contributed by atoms with E-state index in [0.717, 1.165) is 12.2 Å². The average Bonchev–Trinajstić information content (AvgIpc) is 2.49. The van der Waals surface area contributed by atoms with Crippen LogP contribution in [-0.2, 0) is 16.6 Å². The van der Waals surface area contributed by atoms with Crippen molar-refractivity contribution in [3.8, 4) is 0 Å². The highest BCUT2D eigenvalue weighted by Gasteiger charge is 2.30. The Labute approximate surface area is 130 Å². The van der Waals surface area contributed by atoms with Crippen molar-refractivity contribution in [3.63, 3.8) is 0 Å². The number of rotatable bonds is 5. The number of halogens is 1. The number of hydrogen-bond acceptors (Lipinski definition) is 4. The summed E-state index contributed by atoms with van der Waals surface area (Å²) >= 11 is 1.82. The van der Waals surface area contributed by atoms with E-state index in [1.54, 1.807) is 7.05 Å². The maximum absolute atomic E-state index is 13.7. The fourth-order valence-corrected chi connectivity index (χ4v) is 5.27. The molecular formula is C14H21FN2O2S2. The standard InChI is InChI=1S/C14H21FN2O2S2/c1-3-12-10-17(6-7-20-12)21(18,19)13-4-5-14(15)11(8-13)9-16-2/h4-5,8,12,16H,3,6-7,9-10H2,1-2H3. The molecule has 0 aliphatic carbocycles. The number of sulfonamides is 1. The molecule has 2 rings (SSSR count). The van der Waals surface area contributed by atoms with Crippen LogP contribution in [0.3, 0.4) is 0 Å². The van der Waals surface area contributed by atoms with Crippen LogP contribution < -0.4 is 5.32 Å². The van der Waals surface area contributed by atoms with Crippen molar-refractivity contribution < 1.29 is 12.8 Å². The van der Waals surface area contributed by atoms with Crippen molar-refractivity contribution in [2.24, 2.45) is 0 Å². The fourth-order valence-electron chi connectivity index (χ4n) is 2.34. The summed E-state index contributed by atoms with van der Waals surface area (Å²) in [6, 6.07) is 4.02. The molecule has 1 aromatic rings. The molecule has 0 spiro atoms. The first kappa shape index (κ1) is 16.7. The van der Waals surface area contributed by atoms with Gasteiger partial charge in [-0.2, -0.15) is 16.1 Å². The summed E-state index contributed by atoms with van der Waals surface area (Å²) in [7, 11) is -1.83. The van der Waals surface area contributed by atoms with E-state index < -0.39 is 10.0 Å². The lowest BCUT2D eigenvalue weighted by Crippen LogP contribution is -2.41. The van der Waals surface area contributed by atoms with Crippen molar-refractivity contribution in [2.75, 3.05) is 25.9 Å². The first-order valence-corrected chi connectivity index (χ1v) is 9.52. The van der Waals surface area contributed by atoms with Gasteiger partial charge in [0.15, 0.2) is 0 Å². The van der Waals surface area contributed by atoms with Gasteiger partial charge < -0.3 is 5.32 Å². The molecule has 4 nitrogen and oxygen atoms in total. The lowest BCUT2D eigenvalue weighted by Gasteiger charge is -2.31. The smallest absolute Gasteiger partial charge is 0.243 e. The molecular weight excluding hydrogens is 311 g/mol. The van der Waals surface area contributed by atoms with Crippen LogP contribution >= 0.6 is 11.8 Å². The molecule has 0 bridgehead atoms. The molecule has 0 saturated carbocycles. The van der Waals surface area contributed by atoms with Gasteiger partial charge in [-0.05, 0) is 31.7 Å². The highest BCUT2D eigenvalue weighted by molar-refractivity contribution is 8.00. The Morgan fingerprint density at radius 1 is 1.48 bits per heavy atom. The van der Waals surface area contributed by atoms with Crippen LogP contribution in [0, 0.1) is 5.82 Å². The molecule has 1 aromatic carbocycles. The van der Waals surface area contributed by atoms with Gasteiger partial charge in [0.25, 0.3) is 0 Å². The molecule has 1 N–H and O–H groups in total. The zero-order valence-electron chi connectivity index (χ0n) is 12.3. The van der Waals surface area contributed by atoms with Gasteiger partial charge in [-0.3, -0.25) is 0 Å². The number of nitrogens with zero attached hydrogens (tertiary/aromatic N) is 1. The molecule has 1 aliphatic heterocycles. The van der Waals surface area contributed by atoms with Crippen molar-refractivity contribution in [1.29, 1.82) is 0 Å². The van der Waals surface area contributed by atoms with E-state index in [1.165, 1.54) is 22.5 Å². The van der Waals surface area contributed by atoms with Gasteiger partial charge in [0.1, 0.15) is 5.82 Å². The second-order valence-electron chi connectivity index (χ2n) is 5.05. The van der Waals surface area contributed by atoms with Crippen molar-refractivity contribution in [1.82, 2.24) is 9.62 Å². The summed E-state index contributed by atoms with van der Waals surface area (Å²) in [6.07, 6.45) is 0.950. The molecule has 1 atom stereocenters. The van der Waals surface area contributed by atoms with Crippen molar-refractivity contribution in [3.05, 3.63) is 29.6 Å². The molecule has 21 heavy (non-hydrogen) atoms. The molecule has 7 heteroatoms. The monoisotopic (exact) mass is 332 g/mol. The third kappa shape index (κ3) is 3.77. The van der Waals surface area contributed by atoms with Crippen LogP contribution in [0.1, 0.15) is 18.9 Å². The van der Waals surface area contributed by atoms with Crippen LogP contribution in [0.4, 0.5) is 4.39 Å². The van der Waals surface area contributed by atoms with E-state index >= 15 is 0 Å². The maximum Gasteiger partial charge on any atom is 0.243 e. The summed E-state index contributed by atoms with van der Waals surface area (Å²) in [5, 5.41) is 3.19. The molecule has 1 fully saturated rings. The van der Waals surface area contributed by atoms with Crippen LogP contribution in [0.2, 0.25) is 0 Å². The van der Waals surface area contributed by atoms with Crippen LogP contribution in [-0.4, -0.2) is 43.9 Å². The zero-order chi connectivity index (χ0) is 15.5. The third-order valence-electron chi connectivity index (χ3n) is 3.58. The summed E-state index contributed by atoms with van der Waals surface area (Å²) in [4.78, 5) is 0.177. The molecule has 1 aliphatic rings. The van der Waals surface area contributed by atoms with Gasteiger partial charge in [-0.15, -0.1) is 0 Å². The predicted octanol–water partition coefficient (Wildman–Crippen LogP) is 2.06. The Morgan fingerprint density at radius 3 is 2.90 bits per heavy atom. The SMILES string of the molecule is CCC1CN(S(=O)(=O)c2ccc(F)c(CNC)c2)CCS1. The molecule has 1 heterocycles. The third-order valence-corrected chi connectivity index (χ3v) is 6.81. The van der Waals surface area contributed by atoms with E-state index in [-0.39, 0.29) is 10.7 Å². The Balaban J connectivity index is 2.28. The van der Waals surface area contributed by atoms with Gasteiger partial charge in [-0.1, -0.05) is 6.92 Å². The van der Waals surface area contributed by atoms with E-state index in [0.29, 0.717) is 30.4 Å². The zero-order valence-corrected chi connectivity index (χ0v) is 13.9. The minimum Gasteiger partial charge on any atom is -0.316 e. The van der Waals surface area contributed by atoms with Gasteiger partial charge in [-0.25, -0.2) is 12.8 Å². The minimum atomic E-state index is -3.54. The molecule has 118 valence electrons. The quantitative estimate of drug-likeness (QED) is 0.897. The molecule has 0 aromatic heterocycles. The lowest BCUT2D eigenvalue weighted by molar-refractivity contribution is 0.416. The van der Waals surface area contributed by atoms with Crippen molar-refractivity contribution >= 4 is 21.8 Å². The highest BCUT2D eigenvalue weighted by atomic mass is 32.2. The Kier molecular flexibility index (Phi) is 5.65. The maximum atomic E-state index is 13.7. The van der Waals surface area contributed by atoms with Gasteiger partial charge in [0, 0.05) is 36.2 Å². The minimum absolute atomic E-state index is 0.177. The predicted molar refractivity (Wildman–Crippen MR) is 84.5 cm³/mol. The Bertz CT molecular complexity index is 593. The number of thioether (sulfide) groups is 1. The normalized spacial score (nSPS) is 20.6. The summed E-state index contributed by atoms with van der Waals surface area (Å²) in [6.45, 7) is 3.42. The Hall–Kier alpha value is -0.630. The number of nitrogens with one attached hydrogen (secondary N) is 1. The summed E-state index contributed by atoms with van der Waals surface area (Å²) < 4.78 is 40.6. The van der Waals surface area contributed by atoms with Crippen LogP contribution in [0.25, 0.3) is 0 Å². The first-order valence-electron chi connectivity index (χ1n) is 7.03. The van der Waals surface area contributed by atoms with E-state index in [1.807, 2.05) is 11.8 Å². The topological polar surface area (TPSA) is 49.4 Å². The summed E-state index contributed by atoms with van der Waals surface area (Å²) in [5.74, 6) is 0.423. The second kappa shape index (κ2) is 7.09. The number of hydrogen-bond donors (Lipinski definition) is 1. The highest BCUT2D eigenvalue weighted by Crippen LogP contribution is 2.26. The van der Waals surface area contributed by atoms with Crippen molar-refractivity contribution in [2.45, 2.75) is 30.0 Å². The molecule has 0 radical (unpaired) electrons. The number of benzene rings is 1. The summed E-state index contributed by atoms with van der Waals surface area (Å²) in [5.41, 5.74) is 0.372. The largest absolute Gasteiger partial charge is 0.316 e. The van der Waals surface area contributed by atoms with Gasteiger partial charge in [0.05, 0.1) is 4.90 Å². The second-order valence-corrected chi connectivity index (χ2v) is 8.39. The molecule has 1 saturated heterocycles. The van der Waals surface area contributed by atoms with E-state index in [9.17, 15) is 12.8 Å². The average molecular weight is 332 g/mol. The van der Waals surface area contributed by atoms with E-state index in [4.69, 9.17) is 0 Å². The Morgan fingerprint density at radius 2 is 2.24 bits per heavy atom. The molecule has 1 unspecified atom stereocenters. The fraction of sp³-hybridized carbons (Fsp3) is 0.571. The van der Waals surface area contributed by atoms with E-state index in [2.05, 4.69) is 12.2 Å². The van der Waals surface area contributed by atoms with Gasteiger partial charge >= 0.3 is 0 Å². The lowest BCUT2D eigenvalue weighted by atomic mass is 10.2. The van der Waals surface area contributed by atoms with Crippen LogP contribution in [0.5, 0.6) is 0 Å².